The molecule has 0 spiro atoms. The number of rotatable bonds is 12. The van der Waals surface area contributed by atoms with E-state index in [1.807, 2.05) is 104 Å². The molecule has 1 saturated heterocycles. The Labute approximate surface area is 696 Å². The number of nitrogen functional groups attached to an aromatic ring is 1. The van der Waals surface area contributed by atoms with E-state index in [-0.39, 0.29) is 123 Å². The van der Waals surface area contributed by atoms with E-state index in [1.165, 1.54) is 24.1 Å². The van der Waals surface area contributed by atoms with Gasteiger partial charge in [-0.1, -0.05) is 0 Å². The summed E-state index contributed by atoms with van der Waals surface area (Å²) in [6.45, 7) is 26.0. The smallest absolute Gasteiger partial charge is 0.397 e. The Morgan fingerprint density at radius 3 is 1.27 bits per heavy atom. The lowest BCUT2D eigenvalue weighted by Gasteiger charge is -2.18. The Morgan fingerprint density at radius 1 is 0.455 bits per heavy atom. The quantitative estimate of drug-likeness (QED) is 0.0603. The van der Waals surface area contributed by atoms with Crippen LogP contribution in [0.25, 0.3) is 101 Å². The summed E-state index contributed by atoms with van der Waals surface area (Å²) < 4.78 is 48.1. The van der Waals surface area contributed by atoms with Gasteiger partial charge in [0.15, 0.2) is 63.4 Å². The first-order valence-corrected chi connectivity index (χ1v) is 40.6. The number of imidazole rings is 1. The zero-order valence-electron chi connectivity index (χ0n) is 69.7. The highest BCUT2D eigenvalue weighted by molar-refractivity contribution is 7.61. The maximum absolute atomic E-state index is 11.9. The third kappa shape index (κ3) is 25.4. The van der Waals surface area contributed by atoms with Gasteiger partial charge in [-0.3, -0.25) is 57.7 Å². The van der Waals surface area contributed by atoms with Crippen LogP contribution >= 0.6 is 15.6 Å². The van der Waals surface area contributed by atoms with Gasteiger partial charge in [-0.2, -0.15) is 19.3 Å². The predicted molar refractivity (Wildman–Crippen MR) is 452 cm³/mol. The van der Waals surface area contributed by atoms with Crippen LogP contribution in [0.1, 0.15) is 92.3 Å². The standard InChI is InChI=1S/2C14H14N4O3.C13H12N4O2.C12H19N5O10P2.C12H10N4O2.5C2H6O/c2*1-7-5-9-10(6-8(7)2)18(3-4-19)12-11(15-9)13(20)17-14(21)16-12;1-6-4-8-9(5-7(6)2)17(3)11-10(14-8)12(18)16-13(19)15-11;1-2-24-28(20,21)27-29(22,23)25-3-6-8(18)9(19)12(26-6)17-5-16-7-10(13)14-4-15-11(7)17;1-5-3-7-8(4-6(5)2)14-10-9(13-7)11(17)16-12(18)15-10;5*1-2-3/h2*5-6,19H,3-4H2,1-2H3,(H,17,20,21);4-5H,1-3H3,(H,16,18,19);4-6,8-9,12,18-19H,2-3H2,1H3,(H,20,21)(H,22,23)(H2,13,14,15);3-4H,1-2H3,(H2,14,15,16,17,18);5*3H,2H2,1H3/t;;;6-,8+,9?,12-;;;;;;/m...1....../s1. The summed E-state index contributed by atoms with van der Waals surface area (Å²) in [6, 6.07) is 15.3. The van der Waals surface area contributed by atoms with E-state index in [1.54, 1.807) is 55.4 Å². The third-order valence-corrected chi connectivity index (χ3v) is 20.0. The number of aryl methyl sites for hydroxylation is 9. The zero-order chi connectivity index (χ0) is 91.8. The highest BCUT2D eigenvalue weighted by Gasteiger charge is 2.46. The van der Waals surface area contributed by atoms with Gasteiger partial charge in [-0.15, -0.1) is 0 Å². The van der Waals surface area contributed by atoms with Crippen LogP contribution in [0.2, 0.25) is 0 Å². The molecule has 6 atom stereocenters. The molecule has 11 heterocycles. The molecule has 0 bridgehead atoms. The van der Waals surface area contributed by atoms with Gasteiger partial charge in [0.05, 0.1) is 76.9 Å². The SMILES string of the molecule is CCO.CCO.CCO.CCO.CCO.CCOP(=O)(O)OP(=O)(O)OC[C@H]1O[C@@H](n2cnc3c(N)ncnc32)C(O)[C@H]1O.Cc1cc2nc3[nH]c(=O)[nH]c(=O)c3nc2cc1C.Cc1cc2nc3c(=O)[nH]c(=O)nc-3n(C)c2cc1C.Cc1cc2nc3c(=O)[nH]c(=O)nc-3n(CCO)c2cc1C.Cc1cc2nc3c(=O)[nH]c(=O)nc-3n(CCO)c2cc1C. The lowest BCUT2D eigenvalue weighted by molar-refractivity contribution is -0.0504. The van der Waals surface area contributed by atoms with Gasteiger partial charge in [-0.05, 0) is 190 Å². The Hall–Kier alpha value is -11.8. The van der Waals surface area contributed by atoms with E-state index in [2.05, 4.69) is 93.1 Å². The number of nitrogens with two attached hydrogens (primary N) is 1. The molecule has 7 aliphatic heterocycles. The lowest BCUT2D eigenvalue weighted by atomic mass is 10.1. The van der Waals surface area contributed by atoms with Crippen molar-refractivity contribution in [2.45, 2.75) is 135 Å². The fraction of sp³-hybridized carbons (Fsp3) is 0.400. The Kier molecular flexibility index (Phi) is 36.9. The van der Waals surface area contributed by atoms with Crippen LogP contribution in [0, 0.1) is 55.4 Å². The summed E-state index contributed by atoms with van der Waals surface area (Å²) in [7, 11) is -8.08. The molecule has 4 aromatic carbocycles. The summed E-state index contributed by atoms with van der Waals surface area (Å²) in [4.78, 5) is 167. The first-order valence-electron chi connectivity index (χ1n) is 37.6. The number of fused-ring (bicyclic) bond motifs is 9. The van der Waals surface area contributed by atoms with Crippen molar-refractivity contribution in [1.29, 1.82) is 0 Å². The summed E-state index contributed by atoms with van der Waals surface area (Å²) in [5, 5.41) is 76.9. The number of hydrogen-bond donors (Lipinski definition) is 17. The van der Waals surface area contributed by atoms with E-state index in [0.717, 1.165) is 61.1 Å². The van der Waals surface area contributed by atoms with E-state index >= 15 is 0 Å². The normalized spacial score (nSPS) is 14.8. The first kappa shape index (κ1) is 100. The number of aromatic nitrogens is 20. The fourth-order valence-corrected chi connectivity index (χ4v) is 13.5. The maximum Gasteiger partial charge on any atom is 0.481 e. The monoisotopic (exact) mass is 1760 g/mol. The van der Waals surface area contributed by atoms with Crippen molar-refractivity contribution < 1.29 is 83.0 Å². The van der Waals surface area contributed by atoms with Crippen molar-refractivity contribution >= 4 is 87.9 Å². The molecule has 0 amide bonds. The van der Waals surface area contributed by atoms with Crippen LogP contribution in [0.15, 0.2) is 99.5 Å². The van der Waals surface area contributed by atoms with Crippen molar-refractivity contribution in [1.82, 2.24) is 98.0 Å². The van der Waals surface area contributed by atoms with Crippen LogP contribution in [0.4, 0.5) is 5.82 Å². The molecule has 3 unspecified atom stereocenters. The van der Waals surface area contributed by atoms with Crippen molar-refractivity contribution in [2.24, 2.45) is 7.05 Å². The van der Waals surface area contributed by atoms with Crippen LogP contribution in [0.5, 0.6) is 0 Å². The average molecular weight is 1760 g/mol. The number of aliphatic hydroxyl groups is 9. The van der Waals surface area contributed by atoms with Crippen LogP contribution in [-0.4, -0.2) is 232 Å². The lowest BCUT2D eigenvalue weighted by Crippen LogP contribution is -2.33. The number of phosphoric ester groups is 2. The van der Waals surface area contributed by atoms with Crippen LogP contribution < -0.4 is 50.7 Å². The summed E-state index contributed by atoms with van der Waals surface area (Å²) in [6.07, 6.45) is -3.04. The number of benzene rings is 4. The highest BCUT2D eigenvalue weighted by Crippen LogP contribution is 2.60. The summed E-state index contributed by atoms with van der Waals surface area (Å²) in [5.74, 6) is 0.773. The molecule has 48 heteroatoms. The van der Waals surface area contributed by atoms with Gasteiger partial charge < -0.3 is 79.9 Å². The molecular weight excluding hydrogens is 1660 g/mol. The number of nitrogens with zero attached hydrogens (tertiary/aromatic N) is 15. The van der Waals surface area contributed by atoms with Gasteiger partial charge >= 0.3 is 38.4 Å². The number of hydrogen-bond acceptors (Lipinski definition) is 35. The zero-order valence-corrected chi connectivity index (χ0v) is 71.5. The minimum atomic E-state index is -5.04. The number of aliphatic hydroxyl groups excluding tert-OH is 9. The van der Waals surface area contributed by atoms with Gasteiger partial charge in [0.1, 0.15) is 30.2 Å². The molecule has 0 saturated carbocycles. The molecule has 0 aliphatic carbocycles. The Bertz CT molecular complexity index is 6340. The second kappa shape index (κ2) is 45.4. The fourth-order valence-electron chi connectivity index (χ4n) is 11.4. The van der Waals surface area contributed by atoms with Crippen molar-refractivity contribution in [3.05, 3.63) is 189 Å². The topological polar surface area (TPSA) is 697 Å². The van der Waals surface area contributed by atoms with Gasteiger partial charge in [0.25, 0.3) is 22.2 Å². The van der Waals surface area contributed by atoms with E-state index in [4.69, 9.17) is 36.0 Å². The molecule has 4 aromatic heterocycles. The molecule has 1 fully saturated rings. The highest BCUT2D eigenvalue weighted by atomic mass is 31.3. The van der Waals surface area contributed by atoms with Gasteiger partial charge in [0.2, 0.25) is 0 Å². The van der Waals surface area contributed by atoms with Gasteiger partial charge in [0, 0.05) is 53.2 Å². The maximum atomic E-state index is 11.9. The van der Waals surface area contributed by atoms with Crippen molar-refractivity contribution in [3.63, 3.8) is 0 Å². The van der Waals surface area contributed by atoms with Gasteiger partial charge in [-0.25, -0.2) is 68.2 Å². The minimum absolute atomic E-state index is 0.0961. The average Bonchev–Trinajstić information content (AvgIpc) is 1.59. The third-order valence-electron chi connectivity index (χ3n) is 17.3. The van der Waals surface area contributed by atoms with E-state index < -0.39 is 91.8 Å². The molecule has 0 radical (unpaired) electrons. The molecule has 46 nitrogen and oxygen atoms in total. The van der Waals surface area contributed by atoms with Crippen LogP contribution in [-0.2, 0) is 47.4 Å². The molecule has 664 valence electrons. The Balaban J connectivity index is 0.000000230. The second-order valence-electron chi connectivity index (χ2n) is 26.2. The molecule has 123 heavy (non-hydrogen) atoms. The molecule has 18 N–H and O–H groups in total. The number of nitrogens with one attached hydrogen (secondary N) is 5. The number of ether oxygens (including phenoxy) is 1. The molecule has 15 rings (SSSR count). The predicted octanol–water partition coefficient (Wildman–Crippen LogP) is 1.19. The Morgan fingerprint density at radius 2 is 0.837 bits per heavy atom. The largest absolute Gasteiger partial charge is 0.481 e. The molecule has 7 aliphatic rings. The number of anilines is 1. The first-order chi connectivity index (χ1) is 58.1. The van der Waals surface area contributed by atoms with Crippen molar-refractivity contribution in [3.8, 4) is 34.6 Å². The number of aromatic amines is 5. The van der Waals surface area contributed by atoms with E-state index in [9.17, 15) is 77.7 Å². The second-order valence-corrected chi connectivity index (χ2v) is 29.3. The number of phosphoric acid groups is 2. The molecule has 8 aromatic rings. The van der Waals surface area contributed by atoms with Crippen molar-refractivity contribution in [2.75, 3.05) is 65.2 Å². The van der Waals surface area contributed by atoms with Crippen LogP contribution in [0.3, 0.4) is 0 Å². The molecular formula is C75H99N21O25P2. The minimum Gasteiger partial charge on any atom is -0.397 e. The summed E-state index contributed by atoms with van der Waals surface area (Å²) >= 11 is 0. The number of H-pyrrole nitrogens is 5. The summed E-state index contributed by atoms with van der Waals surface area (Å²) in [5.41, 5.74) is 16.2. The van der Waals surface area contributed by atoms with E-state index in [0.29, 0.717) is 33.4 Å².